The van der Waals surface area contributed by atoms with Crippen LogP contribution in [0.5, 0.6) is 5.75 Å². The van der Waals surface area contributed by atoms with Crippen molar-refractivity contribution < 1.29 is 4.74 Å². The minimum Gasteiger partial charge on any atom is -0.493 e. The molecule has 2 heteroatoms. The van der Waals surface area contributed by atoms with Gasteiger partial charge in [0, 0.05) is 17.0 Å². The fourth-order valence-electron chi connectivity index (χ4n) is 4.04. The van der Waals surface area contributed by atoms with Gasteiger partial charge in [0.15, 0.2) is 0 Å². The summed E-state index contributed by atoms with van der Waals surface area (Å²) in [6.07, 6.45) is 8.80. The van der Waals surface area contributed by atoms with Crippen molar-refractivity contribution in [2.45, 2.75) is 63.3 Å². The van der Waals surface area contributed by atoms with Crippen molar-refractivity contribution in [1.82, 2.24) is 0 Å². The quantitative estimate of drug-likeness (QED) is 0.890. The van der Waals surface area contributed by atoms with Crippen molar-refractivity contribution in [1.29, 1.82) is 0 Å². The predicted molar refractivity (Wildman–Crippen MR) is 83.1 cm³/mol. The molecule has 1 aromatic carbocycles. The van der Waals surface area contributed by atoms with Gasteiger partial charge in [-0.1, -0.05) is 38.0 Å². The lowest BCUT2D eigenvalue weighted by molar-refractivity contribution is 0.194. The van der Waals surface area contributed by atoms with Gasteiger partial charge in [0.05, 0.1) is 6.61 Å². The number of hydrogen-bond donors (Lipinski definition) is 1. The van der Waals surface area contributed by atoms with Crippen molar-refractivity contribution in [2.24, 2.45) is 11.7 Å². The van der Waals surface area contributed by atoms with Gasteiger partial charge in [-0.05, 0) is 44.1 Å². The molecule has 2 aliphatic rings. The predicted octanol–water partition coefficient (Wildman–Crippen LogP) is 4.24. The van der Waals surface area contributed by atoms with E-state index in [4.69, 9.17) is 10.5 Å². The van der Waals surface area contributed by atoms with E-state index in [-0.39, 0.29) is 5.54 Å². The molecule has 1 atom stereocenters. The molecule has 0 aromatic heterocycles. The zero-order valence-corrected chi connectivity index (χ0v) is 12.6. The van der Waals surface area contributed by atoms with Crippen molar-refractivity contribution >= 4 is 0 Å². The Kier molecular flexibility index (Phi) is 4.02. The largest absolute Gasteiger partial charge is 0.493 e. The molecule has 1 unspecified atom stereocenters. The molecule has 1 fully saturated rings. The molecule has 2 N–H and O–H groups in total. The second kappa shape index (κ2) is 5.77. The van der Waals surface area contributed by atoms with Gasteiger partial charge in [-0.3, -0.25) is 0 Å². The van der Waals surface area contributed by atoms with Crippen LogP contribution >= 0.6 is 0 Å². The van der Waals surface area contributed by atoms with Crippen molar-refractivity contribution in [2.75, 3.05) is 6.61 Å². The Hall–Kier alpha value is -1.02. The van der Waals surface area contributed by atoms with Crippen LogP contribution in [0.1, 0.15) is 63.4 Å². The average molecular weight is 273 g/mol. The minimum atomic E-state index is 0.0374. The zero-order valence-electron chi connectivity index (χ0n) is 12.6. The highest BCUT2D eigenvalue weighted by molar-refractivity contribution is 5.39. The summed E-state index contributed by atoms with van der Waals surface area (Å²) in [7, 11) is 0. The monoisotopic (exact) mass is 273 g/mol. The molecule has 1 aliphatic carbocycles. The van der Waals surface area contributed by atoms with Crippen LogP contribution < -0.4 is 10.5 Å². The maximum absolute atomic E-state index is 6.70. The first-order valence-corrected chi connectivity index (χ1v) is 8.21. The highest BCUT2D eigenvalue weighted by Crippen LogP contribution is 2.42. The molecular formula is C18H27NO. The summed E-state index contributed by atoms with van der Waals surface area (Å²) >= 11 is 0. The van der Waals surface area contributed by atoms with Gasteiger partial charge in [0.2, 0.25) is 0 Å². The smallest absolute Gasteiger partial charge is 0.122 e. The lowest BCUT2D eigenvalue weighted by atomic mass is 9.71. The second-order valence-electron chi connectivity index (χ2n) is 6.84. The minimum absolute atomic E-state index is 0.0374. The summed E-state index contributed by atoms with van der Waals surface area (Å²) in [6.45, 7) is 3.10. The molecule has 0 bridgehead atoms. The van der Waals surface area contributed by atoms with Crippen LogP contribution in [0.3, 0.4) is 0 Å². The van der Waals surface area contributed by atoms with Gasteiger partial charge in [-0.2, -0.15) is 0 Å². The fraction of sp³-hybridized carbons (Fsp3) is 0.667. The molecule has 1 heterocycles. The Labute approximate surface area is 122 Å². The number of fused-ring (bicyclic) bond motifs is 1. The lowest BCUT2D eigenvalue weighted by Gasteiger charge is -2.38. The van der Waals surface area contributed by atoms with E-state index in [0.29, 0.717) is 5.92 Å². The van der Waals surface area contributed by atoms with Crippen LogP contribution in [0.15, 0.2) is 24.3 Å². The first kappa shape index (κ1) is 13.9. The van der Waals surface area contributed by atoms with Crippen LogP contribution in [0.4, 0.5) is 0 Å². The maximum Gasteiger partial charge on any atom is 0.122 e. The maximum atomic E-state index is 6.70. The fourth-order valence-corrected chi connectivity index (χ4v) is 4.04. The van der Waals surface area contributed by atoms with Crippen LogP contribution in [0, 0.1) is 5.92 Å². The van der Waals surface area contributed by atoms with E-state index in [9.17, 15) is 0 Å². The average Bonchev–Trinajstić information content (AvgIpc) is 2.85. The summed E-state index contributed by atoms with van der Waals surface area (Å²) < 4.78 is 5.80. The topological polar surface area (TPSA) is 35.2 Å². The van der Waals surface area contributed by atoms with E-state index >= 15 is 0 Å². The molecule has 2 nitrogen and oxygen atoms in total. The molecule has 1 aromatic rings. The first-order valence-electron chi connectivity index (χ1n) is 8.21. The summed E-state index contributed by atoms with van der Waals surface area (Å²) in [5.74, 6) is 2.49. The number of benzene rings is 1. The molecule has 1 aliphatic heterocycles. The van der Waals surface area contributed by atoms with Crippen LogP contribution in [0.2, 0.25) is 0 Å². The van der Waals surface area contributed by atoms with E-state index in [2.05, 4.69) is 31.2 Å². The lowest BCUT2D eigenvalue weighted by Crippen LogP contribution is -2.44. The molecule has 110 valence electrons. The Bertz CT molecular complexity index is 448. The van der Waals surface area contributed by atoms with E-state index in [1.165, 1.54) is 44.1 Å². The highest BCUT2D eigenvalue weighted by Gasteiger charge is 2.36. The third kappa shape index (κ3) is 2.85. The number of hydrogen-bond acceptors (Lipinski definition) is 2. The summed E-state index contributed by atoms with van der Waals surface area (Å²) in [4.78, 5) is 0. The third-order valence-corrected chi connectivity index (χ3v) is 5.25. The summed E-state index contributed by atoms with van der Waals surface area (Å²) in [6, 6.07) is 8.45. The molecule has 0 saturated heterocycles. The Balaban J connectivity index is 1.61. The van der Waals surface area contributed by atoms with Crippen molar-refractivity contribution in [3.8, 4) is 5.75 Å². The number of ether oxygens (including phenoxy) is 1. The molecule has 0 radical (unpaired) electrons. The van der Waals surface area contributed by atoms with Gasteiger partial charge in [-0.25, -0.2) is 0 Å². The van der Waals surface area contributed by atoms with E-state index in [0.717, 1.165) is 24.7 Å². The molecule has 20 heavy (non-hydrogen) atoms. The SMILES string of the molecule is CCCC1CCC(N)(CC2COc3ccccc32)CC1. The molecule has 3 rings (SSSR count). The zero-order chi connectivity index (χ0) is 14.0. The number of nitrogens with two attached hydrogens (primary N) is 1. The van der Waals surface area contributed by atoms with Gasteiger partial charge >= 0.3 is 0 Å². The Morgan fingerprint density at radius 3 is 2.75 bits per heavy atom. The van der Waals surface area contributed by atoms with Gasteiger partial charge in [0.1, 0.15) is 5.75 Å². The van der Waals surface area contributed by atoms with Crippen LogP contribution in [-0.2, 0) is 0 Å². The highest BCUT2D eigenvalue weighted by atomic mass is 16.5. The van der Waals surface area contributed by atoms with Crippen LogP contribution in [-0.4, -0.2) is 12.1 Å². The van der Waals surface area contributed by atoms with Crippen LogP contribution in [0.25, 0.3) is 0 Å². The van der Waals surface area contributed by atoms with E-state index < -0.39 is 0 Å². The third-order valence-electron chi connectivity index (χ3n) is 5.25. The van der Waals surface area contributed by atoms with Crippen molar-refractivity contribution in [3.05, 3.63) is 29.8 Å². The van der Waals surface area contributed by atoms with Crippen molar-refractivity contribution in [3.63, 3.8) is 0 Å². The van der Waals surface area contributed by atoms with E-state index in [1.54, 1.807) is 0 Å². The Morgan fingerprint density at radius 2 is 2.00 bits per heavy atom. The van der Waals surface area contributed by atoms with Gasteiger partial charge in [0.25, 0.3) is 0 Å². The van der Waals surface area contributed by atoms with Gasteiger partial charge in [-0.15, -0.1) is 0 Å². The second-order valence-corrected chi connectivity index (χ2v) is 6.84. The first-order chi connectivity index (χ1) is 9.70. The molecule has 0 spiro atoms. The normalized spacial score (nSPS) is 32.7. The molecule has 0 amide bonds. The molecule has 1 saturated carbocycles. The van der Waals surface area contributed by atoms with E-state index in [1.807, 2.05) is 0 Å². The molecular weight excluding hydrogens is 246 g/mol. The summed E-state index contributed by atoms with van der Waals surface area (Å²) in [5.41, 5.74) is 8.10. The van der Waals surface area contributed by atoms with Gasteiger partial charge < -0.3 is 10.5 Å². The number of rotatable bonds is 4. The summed E-state index contributed by atoms with van der Waals surface area (Å²) in [5, 5.41) is 0. The Morgan fingerprint density at radius 1 is 1.25 bits per heavy atom. The standard InChI is InChI=1S/C18H27NO/c1-2-5-14-8-10-18(19,11-9-14)12-15-13-20-17-7-4-3-6-16(15)17/h3-4,6-7,14-15H,2,5,8-13,19H2,1H3. The number of para-hydroxylation sites is 1.